The number of aromatic carboxylic acids is 1. The molecule has 0 saturated carbocycles. The van der Waals surface area contributed by atoms with Gasteiger partial charge in [-0.2, -0.15) is 0 Å². The van der Waals surface area contributed by atoms with Gasteiger partial charge in [0.25, 0.3) is 0 Å². The number of thiophene rings is 1. The first-order valence-corrected chi connectivity index (χ1v) is 6.57. The zero-order valence-electron chi connectivity index (χ0n) is 8.67. The minimum Gasteiger partial charge on any atom is -0.477 e. The van der Waals surface area contributed by atoms with E-state index in [9.17, 15) is 9.59 Å². The molecule has 0 aromatic carbocycles. The third-order valence-corrected chi connectivity index (χ3v) is 4.74. The summed E-state index contributed by atoms with van der Waals surface area (Å²) in [7, 11) is 1.79. The molecule has 1 aliphatic heterocycles. The highest BCUT2D eigenvalue weighted by atomic mass is 32.2. The number of hydrogen-bond acceptors (Lipinski definition) is 4. The fourth-order valence-corrected chi connectivity index (χ4v) is 3.62. The molecule has 0 bridgehead atoms. The van der Waals surface area contributed by atoms with E-state index in [4.69, 9.17) is 5.11 Å². The van der Waals surface area contributed by atoms with E-state index in [0.29, 0.717) is 4.88 Å². The quantitative estimate of drug-likeness (QED) is 0.896. The second-order valence-electron chi connectivity index (χ2n) is 3.61. The van der Waals surface area contributed by atoms with E-state index in [-0.39, 0.29) is 11.2 Å². The molecule has 1 aliphatic rings. The Kier molecular flexibility index (Phi) is 3.20. The van der Waals surface area contributed by atoms with Crippen LogP contribution in [0.25, 0.3) is 0 Å². The molecule has 4 nitrogen and oxygen atoms in total. The van der Waals surface area contributed by atoms with Crippen molar-refractivity contribution in [2.45, 2.75) is 16.6 Å². The lowest BCUT2D eigenvalue weighted by Crippen LogP contribution is -2.23. The van der Waals surface area contributed by atoms with Gasteiger partial charge < -0.3 is 10.0 Å². The molecular formula is C10H11NO3S2. The van der Waals surface area contributed by atoms with Crippen molar-refractivity contribution in [2.75, 3.05) is 13.6 Å². The number of carboxylic acids is 1. The summed E-state index contributed by atoms with van der Waals surface area (Å²) in [6, 6.07) is 1.63. The summed E-state index contributed by atoms with van der Waals surface area (Å²) in [6.07, 6.45) is 0.832. The number of likely N-dealkylation sites (tertiary alicyclic amines) is 1. The number of carbonyl (C=O) groups excluding carboxylic acids is 1. The van der Waals surface area contributed by atoms with E-state index in [1.54, 1.807) is 23.4 Å². The predicted molar refractivity (Wildman–Crippen MR) is 63.2 cm³/mol. The maximum absolute atomic E-state index is 11.6. The Hall–Kier alpha value is -1.01. The second kappa shape index (κ2) is 4.47. The zero-order valence-corrected chi connectivity index (χ0v) is 10.3. The Morgan fingerprint density at radius 2 is 2.44 bits per heavy atom. The highest BCUT2D eigenvalue weighted by Crippen LogP contribution is 2.32. The summed E-state index contributed by atoms with van der Waals surface area (Å²) in [5, 5.41) is 10.5. The monoisotopic (exact) mass is 257 g/mol. The predicted octanol–water partition coefficient (Wildman–Crippen LogP) is 1.77. The van der Waals surface area contributed by atoms with Crippen molar-refractivity contribution >= 4 is 35.0 Å². The normalized spacial score (nSPS) is 20.4. The van der Waals surface area contributed by atoms with Crippen LogP contribution >= 0.6 is 23.1 Å². The molecule has 1 fully saturated rings. The summed E-state index contributed by atoms with van der Waals surface area (Å²) in [6.45, 7) is 0.784. The van der Waals surface area contributed by atoms with Gasteiger partial charge in [-0.15, -0.1) is 23.1 Å². The first-order chi connectivity index (χ1) is 7.58. The van der Waals surface area contributed by atoms with Crippen molar-refractivity contribution in [2.24, 2.45) is 0 Å². The molecule has 0 aliphatic carbocycles. The van der Waals surface area contributed by atoms with E-state index in [2.05, 4.69) is 0 Å². The van der Waals surface area contributed by atoms with Crippen LogP contribution in [0.5, 0.6) is 0 Å². The molecule has 1 atom stereocenters. The van der Waals surface area contributed by atoms with Crippen molar-refractivity contribution in [1.29, 1.82) is 0 Å². The average Bonchev–Trinajstić information content (AvgIpc) is 2.81. The highest BCUT2D eigenvalue weighted by Gasteiger charge is 2.30. The number of amides is 1. The maximum Gasteiger partial charge on any atom is 0.345 e. The Morgan fingerprint density at radius 1 is 1.69 bits per heavy atom. The van der Waals surface area contributed by atoms with Gasteiger partial charge in [-0.1, -0.05) is 0 Å². The largest absolute Gasteiger partial charge is 0.477 e. The van der Waals surface area contributed by atoms with Crippen LogP contribution in [0.4, 0.5) is 0 Å². The molecule has 1 aromatic heterocycles. The van der Waals surface area contributed by atoms with Gasteiger partial charge in [-0.25, -0.2) is 4.79 Å². The number of nitrogens with zero attached hydrogens (tertiary/aromatic N) is 1. The third kappa shape index (κ3) is 2.22. The van der Waals surface area contributed by atoms with E-state index in [0.717, 1.165) is 17.9 Å². The highest BCUT2D eigenvalue weighted by molar-refractivity contribution is 8.00. The minimum atomic E-state index is -0.910. The summed E-state index contributed by atoms with van der Waals surface area (Å²) in [4.78, 5) is 25.2. The lowest BCUT2D eigenvalue weighted by Gasteiger charge is -2.08. The van der Waals surface area contributed by atoms with Crippen LogP contribution in [-0.4, -0.2) is 40.7 Å². The van der Waals surface area contributed by atoms with Crippen molar-refractivity contribution in [1.82, 2.24) is 4.90 Å². The van der Waals surface area contributed by atoms with Gasteiger partial charge >= 0.3 is 5.97 Å². The minimum absolute atomic E-state index is 0.0544. The number of rotatable bonds is 3. The van der Waals surface area contributed by atoms with Crippen LogP contribution in [-0.2, 0) is 4.79 Å². The smallest absolute Gasteiger partial charge is 0.345 e. The van der Waals surface area contributed by atoms with Crippen LogP contribution in [0.2, 0.25) is 0 Å². The van der Waals surface area contributed by atoms with E-state index >= 15 is 0 Å². The number of carboxylic acid groups (broad SMARTS) is 1. The summed E-state index contributed by atoms with van der Waals surface area (Å²) in [5.74, 6) is -0.778. The SMILES string of the molecule is CN1CCC(Sc2csc(C(=O)O)c2)C1=O. The third-order valence-electron chi connectivity index (χ3n) is 2.44. The topological polar surface area (TPSA) is 57.6 Å². The lowest BCUT2D eigenvalue weighted by molar-refractivity contribution is -0.126. The molecule has 16 heavy (non-hydrogen) atoms. The van der Waals surface area contributed by atoms with Crippen LogP contribution in [0.15, 0.2) is 16.3 Å². The number of hydrogen-bond donors (Lipinski definition) is 1. The Balaban J connectivity index is 2.04. The summed E-state index contributed by atoms with van der Waals surface area (Å²) in [5.41, 5.74) is 0. The molecule has 86 valence electrons. The van der Waals surface area contributed by atoms with E-state index < -0.39 is 5.97 Å². The van der Waals surface area contributed by atoms with Gasteiger partial charge in [0, 0.05) is 23.9 Å². The van der Waals surface area contributed by atoms with Crippen LogP contribution in [0, 0.1) is 0 Å². The van der Waals surface area contributed by atoms with Crippen molar-refractivity contribution in [3.8, 4) is 0 Å². The standard InChI is InChI=1S/C10H11NO3S2/c1-11-3-2-7(9(11)12)16-6-4-8(10(13)14)15-5-6/h4-5,7H,2-3H2,1H3,(H,13,14). The molecule has 1 amide bonds. The average molecular weight is 257 g/mol. The molecule has 1 unspecified atom stereocenters. The van der Waals surface area contributed by atoms with Gasteiger partial charge in [0.15, 0.2) is 0 Å². The molecule has 0 spiro atoms. The fourth-order valence-electron chi connectivity index (χ4n) is 1.56. The lowest BCUT2D eigenvalue weighted by atomic mass is 10.4. The van der Waals surface area contributed by atoms with Crippen LogP contribution < -0.4 is 0 Å². The molecule has 2 rings (SSSR count). The Bertz CT molecular complexity index is 429. The first-order valence-electron chi connectivity index (χ1n) is 4.81. The molecule has 2 heterocycles. The van der Waals surface area contributed by atoms with Gasteiger partial charge in [-0.05, 0) is 12.5 Å². The summed E-state index contributed by atoms with van der Waals surface area (Å²) >= 11 is 2.65. The summed E-state index contributed by atoms with van der Waals surface area (Å²) < 4.78 is 0. The number of carbonyl (C=O) groups is 2. The fraction of sp³-hybridized carbons (Fsp3) is 0.400. The second-order valence-corrected chi connectivity index (χ2v) is 5.79. The van der Waals surface area contributed by atoms with Crippen molar-refractivity contribution in [3.63, 3.8) is 0 Å². The van der Waals surface area contributed by atoms with Gasteiger partial charge in [-0.3, -0.25) is 4.79 Å². The molecule has 1 aromatic rings. The molecule has 6 heteroatoms. The Labute approximate surface area is 101 Å². The van der Waals surface area contributed by atoms with Gasteiger partial charge in [0.1, 0.15) is 4.88 Å². The zero-order chi connectivity index (χ0) is 11.7. The molecule has 0 radical (unpaired) electrons. The Morgan fingerprint density at radius 3 is 2.94 bits per heavy atom. The molecule has 1 N–H and O–H groups in total. The van der Waals surface area contributed by atoms with Gasteiger partial charge in [0.05, 0.1) is 5.25 Å². The van der Waals surface area contributed by atoms with Crippen molar-refractivity contribution < 1.29 is 14.7 Å². The van der Waals surface area contributed by atoms with E-state index in [1.165, 1.54) is 23.1 Å². The van der Waals surface area contributed by atoms with E-state index in [1.807, 2.05) is 0 Å². The molecule has 1 saturated heterocycles. The first kappa shape index (κ1) is 11.5. The van der Waals surface area contributed by atoms with Crippen molar-refractivity contribution in [3.05, 3.63) is 16.3 Å². The maximum atomic E-state index is 11.6. The van der Waals surface area contributed by atoms with Gasteiger partial charge in [0.2, 0.25) is 5.91 Å². The number of thioether (sulfide) groups is 1. The molecular weight excluding hydrogens is 246 g/mol. The van der Waals surface area contributed by atoms with Crippen LogP contribution in [0.1, 0.15) is 16.1 Å². The van der Waals surface area contributed by atoms with Crippen LogP contribution in [0.3, 0.4) is 0 Å².